The molecule has 6 heteroatoms. The molecule has 21 heavy (non-hydrogen) atoms. The molecular formula is C15H26N2O2S2. The van der Waals surface area contributed by atoms with E-state index in [2.05, 4.69) is 23.9 Å². The van der Waals surface area contributed by atoms with Gasteiger partial charge in [0.15, 0.2) is 0 Å². The number of thioether (sulfide) groups is 1. The molecule has 0 heterocycles. The summed E-state index contributed by atoms with van der Waals surface area (Å²) in [6, 6.07) is 7.43. The van der Waals surface area contributed by atoms with E-state index < -0.39 is 10.0 Å². The first kappa shape index (κ1) is 18.5. The molecule has 0 aliphatic rings. The fourth-order valence-corrected chi connectivity index (χ4v) is 3.05. The monoisotopic (exact) mass is 330 g/mol. The molecule has 0 atom stereocenters. The molecule has 0 aliphatic heterocycles. The Morgan fingerprint density at radius 1 is 1.19 bits per heavy atom. The molecule has 0 bridgehead atoms. The minimum absolute atomic E-state index is 0.117. The van der Waals surface area contributed by atoms with Crippen molar-refractivity contribution in [2.24, 2.45) is 0 Å². The van der Waals surface area contributed by atoms with E-state index in [0.29, 0.717) is 17.5 Å². The van der Waals surface area contributed by atoms with Crippen LogP contribution in [0.3, 0.4) is 0 Å². The van der Waals surface area contributed by atoms with Gasteiger partial charge in [0, 0.05) is 23.9 Å². The highest BCUT2D eigenvalue weighted by Crippen LogP contribution is 2.20. The van der Waals surface area contributed by atoms with Crippen molar-refractivity contribution >= 4 is 21.8 Å². The molecular weight excluding hydrogens is 304 g/mol. The molecule has 1 rings (SSSR count). The molecule has 2 N–H and O–H groups in total. The third-order valence-electron chi connectivity index (χ3n) is 3.19. The number of rotatable bonds is 8. The number of benzene rings is 1. The minimum atomic E-state index is -3.44. The van der Waals surface area contributed by atoms with Crippen LogP contribution in [-0.2, 0) is 16.6 Å². The zero-order valence-corrected chi connectivity index (χ0v) is 15.1. The second kappa shape index (κ2) is 7.63. The predicted molar refractivity (Wildman–Crippen MR) is 91.2 cm³/mol. The van der Waals surface area contributed by atoms with E-state index in [1.807, 2.05) is 32.2 Å². The van der Waals surface area contributed by atoms with Crippen molar-refractivity contribution in [3.63, 3.8) is 0 Å². The Morgan fingerprint density at radius 2 is 1.76 bits per heavy atom. The molecule has 0 unspecified atom stereocenters. The van der Waals surface area contributed by atoms with E-state index >= 15 is 0 Å². The maximum Gasteiger partial charge on any atom is 0.240 e. The van der Waals surface area contributed by atoms with Gasteiger partial charge < -0.3 is 5.32 Å². The summed E-state index contributed by atoms with van der Waals surface area (Å²) < 4.78 is 27.0. The number of nitrogens with one attached hydrogen (secondary N) is 2. The topological polar surface area (TPSA) is 58.2 Å². The Labute approximate surface area is 133 Å². The highest BCUT2D eigenvalue weighted by Gasteiger charge is 2.21. The molecule has 0 fully saturated rings. The van der Waals surface area contributed by atoms with Crippen LogP contribution in [0.25, 0.3) is 0 Å². The molecule has 0 radical (unpaired) electrons. The number of hydrogen-bond acceptors (Lipinski definition) is 4. The van der Waals surface area contributed by atoms with Crippen LogP contribution < -0.4 is 10.0 Å². The lowest BCUT2D eigenvalue weighted by atomic mass is 10.2. The molecule has 0 saturated heterocycles. The van der Waals surface area contributed by atoms with E-state index in [-0.39, 0.29) is 4.75 Å². The Kier molecular flexibility index (Phi) is 6.71. The van der Waals surface area contributed by atoms with Crippen molar-refractivity contribution in [1.82, 2.24) is 10.0 Å². The van der Waals surface area contributed by atoms with Crippen molar-refractivity contribution in [1.29, 1.82) is 0 Å². The first-order valence-electron chi connectivity index (χ1n) is 7.03. The van der Waals surface area contributed by atoms with E-state index in [4.69, 9.17) is 0 Å². The summed E-state index contributed by atoms with van der Waals surface area (Å²) in [6.07, 6.45) is 1.98. The Morgan fingerprint density at radius 3 is 2.24 bits per heavy atom. The molecule has 1 aromatic carbocycles. The molecule has 0 aromatic heterocycles. The zero-order valence-electron chi connectivity index (χ0n) is 13.4. The lowest BCUT2D eigenvalue weighted by Crippen LogP contribution is -2.36. The second-order valence-corrected chi connectivity index (χ2v) is 9.25. The lowest BCUT2D eigenvalue weighted by Gasteiger charge is -2.22. The normalized spacial score (nSPS) is 12.9. The third kappa shape index (κ3) is 6.38. The number of hydrogen-bond donors (Lipinski definition) is 2. The van der Waals surface area contributed by atoms with Gasteiger partial charge >= 0.3 is 0 Å². The summed E-state index contributed by atoms with van der Waals surface area (Å²) >= 11 is 1.64. The average molecular weight is 331 g/mol. The van der Waals surface area contributed by atoms with Gasteiger partial charge in [-0.3, -0.25) is 0 Å². The van der Waals surface area contributed by atoms with E-state index in [1.54, 1.807) is 23.9 Å². The maximum absolute atomic E-state index is 12.2. The smallest absolute Gasteiger partial charge is 0.240 e. The summed E-state index contributed by atoms with van der Waals surface area (Å²) in [5.41, 5.74) is 1.08. The zero-order chi connectivity index (χ0) is 16.1. The van der Waals surface area contributed by atoms with Gasteiger partial charge in [-0.1, -0.05) is 26.0 Å². The van der Waals surface area contributed by atoms with Crippen LogP contribution in [0.1, 0.15) is 33.3 Å². The summed E-state index contributed by atoms with van der Waals surface area (Å²) in [7, 11) is -3.44. The van der Waals surface area contributed by atoms with Gasteiger partial charge in [0.05, 0.1) is 4.90 Å². The molecule has 0 amide bonds. The molecule has 1 aromatic rings. The van der Waals surface area contributed by atoms with Crippen molar-refractivity contribution in [3.05, 3.63) is 29.8 Å². The minimum Gasteiger partial charge on any atom is -0.310 e. The highest BCUT2D eigenvalue weighted by molar-refractivity contribution is 8.00. The quantitative estimate of drug-likeness (QED) is 0.769. The van der Waals surface area contributed by atoms with E-state index in [0.717, 1.165) is 12.1 Å². The van der Waals surface area contributed by atoms with Crippen molar-refractivity contribution in [2.75, 3.05) is 12.8 Å². The van der Waals surface area contributed by atoms with Gasteiger partial charge in [0.25, 0.3) is 0 Å². The molecule has 120 valence electrons. The molecule has 0 saturated carbocycles. The van der Waals surface area contributed by atoms with Gasteiger partial charge in [-0.25, -0.2) is 13.1 Å². The van der Waals surface area contributed by atoms with Crippen LogP contribution in [0.2, 0.25) is 0 Å². The summed E-state index contributed by atoms with van der Waals surface area (Å²) in [6.45, 7) is 9.34. The Hall–Kier alpha value is -0.560. The largest absolute Gasteiger partial charge is 0.310 e. The third-order valence-corrected chi connectivity index (χ3v) is 5.86. The Balaban J connectivity index is 2.71. The standard InChI is InChI=1S/C15H26N2O2S2/c1-12(2)16-10-13-6-8-14(9-7-13)21(18,19)17-11-15(3,4)20-5/h6-9,12,16-17H,10-11H2,1-5H3. The number of sulfonamides is 1. The lowest BCUT2D eigenvalue weighted by molar-refractivity contribution is 0.570. The molecule has 0 aliphatic carbocycles. The second-order valence-electron chi connectivity index (χ2n) is 5.97. The van der Waals surface area contributed by atoms with Crippen molar-refractivity contribution in [2.45, 2.75) is 49.9 Å². The van der Waals surface area contributed by atoms with Gasteiger partial charge in [0.2, 0.25) is 10.0 Å². The van der Waals surface area contributed by atoms with Crippen LogP contribution >= 0.6 is 11.8 Å². The van der Waals surface area contributed by atoms with E-state index in [9.17, 15) is 8.42 Å². The van der Waals surface area contributed by atoms with Crippen LogP contribution in [0.5, 0.6) is 0 Å². The summed E-state index contributed by atoms with van der Waals surface area (Å²) in [5, 5.41) is 3.30. The van der Waals surface area contributed by atoms with E-state index in [1.165, 1.54) is 0 Å². The fourth-order valence-electron chi connectivity index (χ4n) is 1.53. The first-order valence-corrected chi connectivity index (χ1v) is 9.74. The van der Waals surface area contributed by atoms with Crippen LogP contribution in [0.4, 0.5) is 0 Å². The van der Waals surface area contributed by atoms with Crippen LogP contribution in [-0.4, -0.2) is 32.0 Å². The summed E-state index contributed by atoms with van der Waals surface area (Å²) in [5.74, 6) is 0. The van der Waals surface area contributed by atoms with Crippen LogP contribution in [0, 0.1) is 0 Å². The van der Waals surface area contributed by atoms with Crippen molar-refractivity contribution in [3.8, 4) is 0 Å². The average Bonchev–Trinajstić information content (AvgIpc) is 2.44. The SMILES string of the molecule is CSC(C)(C)CNS(=O)(=O)c1ccc(CNC(C)C)cc1. The molecule has 4 nitrogen and oxygen atoms in total. The van der Waals surface area contributed by atoms with Gasteiger partial charge in [-0.2, -0.15) is 11.8 Å². The van der Waals surface area contributed by atoms with Gasteiger partial charge in [-0.15, -0.1) is 0 Å². The first-order chi connectivity index (χ1) is 9.66. The van der Waals surface area contributed by atoms with Crippen LogP contribution in [0.15, 0.2) is 29.2 Å². The predicted octanol–water partition coefficient (Wildman–Crippen LogP) is 2.60. The van der Waals surface area contributed by atoms with Crippen molar-refractivity contribution < 1.29 is 8.42 Å². The molecule has 0 spiro atoms. The van der Waals surface area contributed by atoms with Gasteiger partial charge in [0.1, 0.15) is 0 Å². The Bertz CT molecular complexity index is 537. The fraction of sp³-hybridized carbons (Fsp3) is 0.600. The van der Waals surface area contributed by atoms with Gasteiger partial charge in [-0.05, 0) is 37.8 Å². The summed E-state index contributed by atoms with van der Waals surface area (Å²) in [4.78, 5) is 0.313. The highest BCUT2D eigenvalue weighted by atomic mass is 32.2. The maximum atomic E-state index is 12.2.